The maximum Gasteiger partial charge on any atom is 0.303 e. The Bertz CT molecular complexity index is 1020. The van der Waals surface area contributed by atoms with E-state index in [1.54, 1.807) is 18.3 Å². The molecule has 156 valence electrons. The van der Waals surface area contributed by atoms with E-state index < -0.39 is 11.7 Å². The summed E-state index contributed by atoms with van der Waals surface area (Å²) in [5, 5.41) is 10.6. The van der Waals surface area contributed by atoms with Crippen molar-refractivity contribution in [2.75, 3.05) is 16.8 Å². The first-order valence-electron chi connectivity index (χ1n) is 9.88. The van der Waals surface area contributed by atoms with Gasteiger partial charge in [0.2, 0.25) is 11.7 Å². The SMILES string of the molecule is CC(=O)Nc1cc2c(cn1)C1(CC1)CN2c1ccnc(C(C)(F)F)n1.N#CC1CC1. The van der Waals surface area contributed by atoms with Gasteiger partial charge in [-0.25, -0.2) is 15.0 Å². The first-order valence-corrected chi connectivity index (χ1v) is 9.88. The van der Waals surface area contributed by atoms with Crippen molar-refractivity contribution in [2.24, 2.45) is 5.92 Å². The number of hydrogen-bond donors (Lipinski definition) is 1. The van der Waals surface area contributed by atoms with Gasteiger partial charge in [0.05, 0.1) is 11.8 Å². The molecule has 1 aliphatic heterocycles. The Morgan fingerprint density at radius 3 is 2.63 bits per heavy atom. The quantitative estimate of drug-likeness (QED) is 0.817. The Morgan fingerprint density at radius 1 is 1.37 bits per heavy atom. The summed E-state index contributed by atoms with van der Waals surface area (Å²) in [7, 11) is 0. The third-order valence-corrected chi connectivity index (χ3v) is 5.43. The van der Waals surface area contributed by atoms with Crippen molar-refractivity contribution >= 4 is 23.2 Å². The van der Waals surface area contributed by atoms with Gasteiger partial charge in [0.15, 0.2) is 0 Å². The number of nitriles is 1. The van der Waals surface area contributed by atoms with Gasteiger partial charge in [-0.2, -0.15) is 14.0 Å². The monoisotopic (exact) mass is 412 g/mol. The lowest BCUT2D eigenvalue weighted by Crippen LogP contribution is -2.22. The number of aromatic nitrogens is 3. The number of carbonyl (C=O) groups excluding carboxylic acids is 1. The van der Waals surface area contributed by atoms with Gasteiger partial charge in [-0.3, -0.25) is 4.79 Å². The molecule has 0 unspecified atom stereocenters. The predicted molar refractivity (Wildman–Crippen MR) is 106 cm³/mol. The average molecular weight is 412 g/mol. The highest BCUT2D eigenvalue weighted by atomic mass is 19.3. The molecule has 2 aliphatic carbocycles. The number of nitrogens with one attached hydrogen (secondary N) is 1. The number of pyridine rings is 1. The number of rotatable bonds is 3. The number of halogens is 2. The second-order valence-electron chi connectivity index (χ2n) is 8.16. The van der Waals surface area contributed by atoms with E-state index in [2.05, 4.69) is 26.3 Å². The number of carbonyl (C=O) groups is 1. The highest BCUT2D eigenvalue weighted by Gasteiger charge is 2.52. The molecule has 2 aromatic heterocycles. The van der Waals surface area contributed by atoms with Gasteiger partial charge < -0.3 is 10.2 Å². The van der Waals surface area contributed by atoms with E-state index in [-0.39, 0.29) is 11.3 Å². The molecule has 3 aliphatic rings. The lowest BCUT2D eigenvalue weighted by atomic mass is 10.0. The van der Waals surface area contributed by atoms with Crippen LogP contribution in [0.2, 0.25) is 0 Å². The van der Waals surface area contributed by atoms with E-state index in [0.717, 1.165) is 43.9 Å². The highest BCUT2D eigenvalue weighted by molar-refractivity contribution is 5.89. The number of anilines is 3. The molecule has 1 N–H and O–H groups in total. The van der Waals surface area contributed by atoms with E-state index in [4.69, 9.17) is 5.26 Å². The third-order valence-electron chi connectivity index (χ3n) is 5.43. The van der Waals surface area contributed by atoms with E-state index in [1.807, 2.05) is 4.90 Å². The van der Waals surface area contributed by atoms with Crippen LogP contribution in [0, 0.1) is 17.2 Å². The van der Waals surface area contributed by atoms with Gasteiger partial charge in [0, 0.05) is 55.7 Å². The van der Waals surface area contributed by atoms with Crippen LogP contribution in [0.1, 0.15) is 50.9 Å². The topological polar surface area (TPSA) is 94.8 Å². The lowest BCUT2D eigenvalue weighted by molar-refractivity contribution is -0.114. The zero-order valence-corrected chi connectivity index (χ0v) is 16.8. The Labute approximate surface area is 173 Å². The molecule has 0 atom stereocenters. The third kappa shape index (κ3) is 4.08. The first-order chi connectivity index (χ1) is 14.2. The van der Waals surface area contributed by atoms with Crippen molar-refractivity contribution in [3.05, 3.63) is 35.9 Å². The number of nitrogens with zero attached hydrogens (tertiary/aromatic N) is 5. The normalized spacial score (nSPS) is 18.2. The van der Waals surface area contributed by atoms with E-state index in [1.165, 1.54) is 13.1 Å². The summed E-state index contributed by atoms with van der Waals surface area (Å²) < 4.78 is 27.2. The molecular weight excluding hydrogens is 390 g/mol. The molecule has 1 spiro atoms. The van der Waals surface area contributed by atoms with Gasteiger partial charge in [-0.15, -0.1) is 0 Å². The molecule has 2 aromatic rings. The van der Waals surface area contributed by atoms with Crippen LogP contribution in [0.3, 0.4) is 0 Å². The first kappa shape index (κ1) is 20.1. The number of amides is 1. The molecule has 0 saturated heterocycles. The van der Waals surface area contributed by atoms with E-state index in [9.17, 15) is 13.6 Å². The lowest BCUT2D eigenvalue weighted by Gasteiger charge is -2.20. The summed E-state index contributed by atoms with van der Waals surface area (Å²) in [6.45, 7) is 2.86. The summed E-state index contributed by atoms with van der Waals surface area (Å²) in [6, 6.07) is 5.54. The fourth-order valence-corrected chi connectivity index (χ4v) is 3.50. The van der Waals surface area contributed by atoms with Gasteiger partial charge in [-0.1, -0.05) is 0 Å². The molecule has 30 heavy (non-hydrogen) atoms. The number of hydrogen-bond acceptors (Lipinski definition) is 6. The Morgan fingerprint density at radius 2 is 2.10 bits per heavy atom. The minimum atomic E-state index is -3.10. The second kappa shape index (κ2) is 7.27. The van der Waals surface area contributed by atoms with Crippen molar-refractivity contribution in [3.63, 3.8) is 0 Å². The molecule has 2 fully saturated rings. The van der Waals surface area contributed by atoms with Crippen molar-refractivity contribution in [3.8, 4) is 6.07 Å². The molecule has 7 nitrogen and oxygen atoms in total. The van der Waals surface area contributed by atoms with Crippen LogP contribution in [0.15, 0.2) is 24.5 Å². The largest absolute Gasteiger partial charge is 0.325 e. The van der Waals surface area contributed by atoms with E-state index >= 15 is 0 Å². The van der Waals surface area contributed by atoms with Crippen LogP contribution in [-0.2, 0) is 16.1 Å². The predicted octanol–water partition coefficient (Wildman–Crippen LogP) is 4.04. The Balaban J connectivity index is 0.000000383. The molecule has 1 amide bonds. The minimum Gasteiger partial charge on any atom is -0.325 e. The average Bonchev–Trinajstić information content (AvgIpc) is 3.60. The molecule has 0 radical (unpaired) electrons. The van der Waals surface area contributed by atoms with Crippen LogP contribution in [0.25, 0.3) is 0 Å². The van der Waals surface area contributed by atoms with Crippen molar-refractivity contribution in [2.45, 2.75) is 50.9 Å². The summed E-state index contributed by atoms with van der Waals surface area (Å²) in [5.41, 5.74) is 1.93. The minimum absolute atomic E-state index is 0.0108. The maximum absolute atomic E-state index is 13.6. The molecule has 3 heterocycles. The number of fused-ring (bicyclic) bond motifs is 2. The van der Waals surface area contributed by atoms with Crippen LogP contribution in [0.4, 0.5) is 26.1 Å². The van der Waals surface area contributed by atoms with Crippen molar-refractivity contribution in [1.82, 2.24) is 15.0 Å². The Kier molecular flexibility index (Phi) is 4.88. The summed E-state index contributed by atoms with van der Waals surface area (Å²) in [5.74, 6) is -2.52. The van der Waals surface area contributed by atoms with Crippen molar-refractivity contribution in [1.29, 1.82) is 5.26 Å². The molecule has 0 aromatic carbocycles. The van der Waals surface area contributed by atoms with E-state index in [0.29, 0.717) is 24.1 Å². The molecule has 0 bridgehead atoms. The van der Waals surface area contributed by atoms with Gasteiger partial charge in [0.1, 0.15) is 11.6 Å². The maximum atomic E-state index is 13.6. The van der Waals surface area contributed by atoms with Gasteiger partial charge >= 0.3 is 5.92 Å². The van der Waals surface area contributed by atoms with Gasteiger partial charge in [-0.05, 0) is 31.7 Å². The molecule has 2 saturated carbocycles. The fourth-order valence-electron chi connectivity index (χ4n) is 3.50. The Hall–Kier alpha value is -3.15. The zero-order valence-electron chi connectivity index (χ0n) is 16.8. The van der Waals surface area contributed by atoms with Crippen LogP contribution < -0.4 is 10.2 Å². The number of alkyl halides is 2. The summed E-state index contributed by atoms with van der Waals surface area (Å²) >= 11 is 0. The highest BCUT2D eigenvalue weighted by Crippen LogP contribution is 2.58. The molecular formula is C21H22F2N6O. The fraction of sp³-hybridized carbons (Fsp3) is 0.476. The van der Waals surface area contributed by atoms with Crippen LogP contribution >= 0.6 is 0 Å². The second-order valence-corrected chi connectivity index (χ2v) is 8.16. The molecule has 5 rings (SSSR count). The summed E-state index contributed by atoms with van der Waals surface area (Å²) in [6.07, 6.45) is 7.47. The van der Waals surface area contributed by atoms with Crippen LogP contribution in [0.5, 0.6) is 0 Å². The zero-order chi connectivity index (χ0) is 21.5. The molecule has 9 heteroatoms. The van der Waals surface area contributed by atoms with Crippen LogP contribution in [-0.4, -0.2) is 27.4 Å². The smallest absolute Gasteiger partial charge is 0.303 e. The van der Waals surface area contributed by atoms with Gasteiger partial charge in [0.25, 0.3) is 0 Å². The summed E-state index contributed by atoms with van der Waals surface area (Å²) in [4.78, 5) is 25.3. The van der Waals surface area contributed by atoms with Crippen molar-refractivity contribution < 1.29 is 13.6 Å². The standard InChI is InChI=1S/C17H17F2N5O.C4H5N/c1-10(25)22-13-7-12-11(8-21-13)17(4-5-17)9-24(12)14-3-6-20-15(23-14)16(2,18)19;5-3-4-1-2-4/h3,6-8H,4-5,9H2,1-2H3,(H,21,22,25);4H,1-2H2.